The molecule has 1 aromatic carbocycles. The molecular formula is C22H16F3N5O2. The standard InChI is InChI=1S/C22H16F3N5O2/c1-29-17(28-16-3-2-5-26-21(16)29)10-30-6-4-12-13(9-27-19(12)22(30)32)20(31)18-14(24)7-11(23)8-15(18)25/h2-9,22,27,32H,10H2,1H3. The largest absolute Gasteiger partial charge is 0.368 e. The lowest BCUT2D eigenvalue weighted by Gasteiger charge is -2.29. The number of carbonyl (C=O) groups is 1. The number of halogens is 3. The van der Waals surface area contributed by atoms with Crippen LogP contribution in [0.3, 0.4) is 0 Å². The molecule has 0 saturated heterocycles. The molecule has 2 N–H and O–H groups in total. The maximum absolute atomic E-state index is 14.1. The molecule has 3 aromatic heterocycles. The van der Waals surface area contributed by atoms with Gasteiger partial charge in [-0.3, -0.25) is 4.79 Å². The van der Waals surface area contributed by atoms with E-state index in [-0.39, 0.29) is 17.8 Å². The van der Waals surface area contributed by atoms with Gasteiger partial charge in [0, 0.05) is 48.9 Å². The van der Waals surface area contributed by atoms with E-state index in [1.807, 2.05) is 17.7 Å². The molecule has 0 spiro atoms. The smallest absolute Gasteiger partial charge is 0.201 e. The highest BCUT2D eigenvalue weighted by atomic mass is 19.1. The molecule has 0 amide bonds. The summed E-state index contributed by atoms with van der Waals surface area (Å²) in [6.07, 6.45) is 4.91. The molecule has 5 rings (SSSR count). The van der Waals surface area contributed by atoms with Crippen molar-refractivity contribution in [3.8, 4) is 0 Å². The van der Waals surface area contributed by atoms with E-state index in [1.54, 1.807) is 29.4 Å². The zero-order valence-electron chi connectivity index (χ0n) is 16.7. The number of aryl methyl sites for hydroxylation is 1. The van der Waals surface area contributed by atoms with E-state index in [0.717, 1.165) is 5.52 Å². The number of aromatic amines is 1. The van der Waals surface area contributed by atoms with Crippen LogP contribution in [0.4, 0.5) is 13.2 Å². The minimum absolute atomic E-state index is 0.0358. The van der Waals surface area contributed by atoms with E-state index in [0.29, 0.717) is 29.2 Å². The molecule has 10 heteroatoms. The number of aliphatic hydroxyl groups excluding tert-OH is 1. The first-order chi connectivity index (χ1) is 15.3. The van der Waals surface area contributed by atoms with Crippen molar-refractivity contribution in [3.63, 3.8) is 0 Å². The van der Waals surface area contributed by atoms with Gasteiger partial charge in [-0.25, -0.2) is 23.1 Å². The Balaban J connectivity index is 1.46. The number of benzene rings is 1. The quantitative estimate of drug-likeness (QED) is 0.476. The average Bonchev–Trinajstić information content (AvgIpc) is 3.31. The van der Waals surface area contributed by atoms with E-state index in [1.165, 1.54) is 6.20 Å². The summed E-state index contributed by atoms with van der Waals surface area (Å²) in [5.74, 6) is -4.00. The number of nitrogens with zero attached hydrogens (tertiary/aromatic N) is 4. The SMILES string of the molecule is Cn1c(CN2C=Cc3c(C(=O)c4c(F)cc(F)cc4F)c[nH]c3C2O)nc2cccnc21. The van der Waals surface area contributed by atoms with Gasteiger partial charge in [-0.2, -0.15) is 0 Å². The molecule has 0 saturated carbocycles. The van der Waals surface area contributed by atoms with E-state index in [9.17, 15) is 23.1 Å². The molecular weight excluding hydrogens is 423 g/mol. The lowest BCUT2D eigenvalue weighted by molar-refractivity contribution is 0.0245. The predicted octanol–water partition coefficient (Wildman–Crippen LogP) is 3.42. The number of aromatic nitrogens is 4. The van der Waals surface area contributed by atoms with Gasteiger partial charge in [0.15, 0.2) is 11.9 Å². The van der Waals surface area contributed by atoms with E-state index in [2.05, 4.69) is 15.0 Å². The van der Waals surface area contributed by atoms with E-state index < -0.39 is 35.0 Å². The van der Waals surface area contributed by atoms with Gasteiger partial charge < -0.3 is 19.6 Å². The van der Waals surface area contributed by atoms with Gasteiger partial charge >= 0.3 is 0 Å². The molecule has 162 valence electrons. The summed E-state index contributed by atoms with van der Waals surface area (Å²) in [7, 11) is 1.82. The van der Waals surface area contributed by atoms with Gasteiger partial charge in [-0.15, -0.1) is 0 Å². The Morgan fingerprint density at radius 3 is 2.72 bits per heavy atom. The van der Waals surface area contributed by atoms with Gasteiger partial charge in [0.25, 0.3) is 0 Å². The number of carbonyl (C=O) groups excluding carboxylic acids is 1. The Morgan fingerprint density at radius 2 is 2.00 bits per heavy atom. The lowest BCUT2D eigenvalue weighted by atomic mass is 9.98. The van der Waals surface area contributed by atoms with Crippen LogP contribution in [0.25, 0.3) is 17.2 Å². The van der Waals surface area contributed by atoms with Crippen molar-refractivity contribution in [2.75, 3.05) is 0 Å². The third kappa shape index (κ3) is 3.07. The van der Waals surface area contributed by atoms with Crippen LogP contribution >= 0.6 is 0 Å². The highest BCUT2D eigenvalue weighted by Crippen LogP contribution is 2.33. The number of pyridine rings is 1. The molecule has 0 radical (unpaired) electrons. The predicted molar refractivity (Wildman–Crippen MR) is 109 cm³/mol. The van der Waals surface area contributed by atoms with Crippen LogP contribution in [-0.4, -0.2) is 35.3 Å². The monoisotopic (exact) mass is 439 g/mol. The van der Waals surface area contributed by atoms with Crippen LogP contribution in [0.1, 0.15) is 39.2 Å². The van der Waals surface area contributed by atoms with E-state index in [4.69, 9.17) is 0 Å². The topological polar surface area (TPSA) is 87.0 Å². The van der Waals surface area contributed by atoms with Crippen molar-refractivity contribution in [2.24, 2.45) is 7.05 Å². The van der Waals surface area contributed by atoms with Crippen molar-refractivity contribution in [1.29, 1.82) is 0 Å². The highest BCUT2D eigenvalue weighted by Gasteiger charge is 2.30. The summed E-state index contributed by atoms with van der Waals surface area (Å²) >= 11 is 0. The lowest BCUT2D eigenvalue weighted by Crippen LogP contribution is -2.27. The van der Waals surface area contributed by atoms with Gasteiger partial charge in [0.1, 0.15) is 28.8 Å². The van der Waals surface area contributed by atoms with Crippen molar-refractivity contribution >= 4 is 23.0 Å². The molecule has 1 atom stereocenters. The summed E-state index contributed by atoms with van der Waals surface area (Å²) in [5.41, 5.74) is 1.12. The fraction of sp³-hybridized carbons (Fsp3) is 0.136. The van der Waals surface area contributed by atoms with Crippen LogP contribution in [0.2, 0.25) is 0 Å². The van der Waals surface area contributed by atoms with Gasteiger partial charge in [-0.1, -0.05) is 0 Å². The first-order valence-electron chi connectivity index (χ1n) is 9.64. The molecule has 32 heavy (non-hydrogen) atoms. The maximum Gasteiger partial charge on any atom is 0.201 e. The third-order valence-electron chi connectivity index (χ3n) is 5.48. The van der Waals surface area contributed by atoms with Crippen LogP contribution in [0.15, 0.2) is 42.9 Å². The van der Waals surface area contributed by atoms with Gasteiger partial charge in [0.2, 0.25) is 5.78 Å². The van der Waals surface area contributed by atoms with Crippen molar-refractivity contribution < 1.29 is 23.1 Å². The van der Waals surface area contributed by atoms with Crippen LogP contribution in [0.5, 0.6) is 0 Å². The number of hydrogen-bond donors (Lipinski definition) is 2. The normalized spacial score (nSPS) is 15.4. The molecule has 0 aliphatic carbocycles. The zero-order valence-corrected chi connectivity index (χ0v) is 16.7. The Morgan fingerprint density at radius 1 is 1.25 bits per heavy atom. The number of rotatable bonds is 4. The second-order valence-electron chi connectivity index (χ2n) is 7.40. The fourth-order valence-corrected chi connectivity index (χ4v) is 3.86. The maximum atomic E-state index is 14.1. The van der Waals surface area contributed by atoms with Gasteiger partial charge in [-0.05, 0) is 18.2 Å². The minimum atomic E-state index is -1.29. The van der Waals surface area contributed by atoms with Crippen molar-refractivity contribution in [2.45, 2.75) is 12.8 Å². The number of imidazole rings is 1. The summed E-state index contributed by atoms with van der Waals surface area (Å²) in [6.45, 7) is 0.244. The zero-order chi connectivity index (χ0) is 22.6. The Labute approximate surface area is 179 Å². The average molecular weight is 439 g/mol. The molecule has 4 heterocycles. The molecule has 1 aliphatic heterocycles. The Bertz CT molecular complexity index is 1390. The summed E-state index contributed by atoms with van der Waals surface area (Å²) < 4.78 is 43.2. The second kappa shape index (κ2) is 7.34. The third-order valence-corrected chi connectivity index (χ3v) is 5.48. The minimum Gasteiger partial charge on any atom is -0.368 e. The van der Waals surface area contributed by atoms with Crippen LogP contribution < -0.4 is 0 Å². The van der Waals surface area contributed by atoms with Crippen molar-refractivity contribution in [1.82, 2.24) is 24.4 Å². The summed E-state index contributed by atoms with van der Waals surface area (Å²) in [4.78, 5) is 26.0. The number of fused-ring (bicyclic) bond motifs is 2. The number of aliphatic hydroxyl groups is 1. The fourth-order valence-electron chi connectivity index (χ4n) is 3.86. The Kier molecular flexibility index (Phi) is 4.59. The first kappa shape index (κ1) is 20.0. The van der Waals surface area contributed by atoms with E-state index >= 15 is 0 Å². The number of ketones is 1. The molecule has 7 nitrogen and oxygen atoms in total. The highest BCUT2D eigenvalue weighted by molar-refractivity contribution is 6.11. The number of hydrogen-bond acceptors (Lipinski definition) is 5. The van der Waals surface area contributed by atoms with Crippen molar-refractivity contribution in [3.05, 3.63) is 88.5 Å². The molecule has 0 fully saturated rings. The molecule has 1 unspecified atom stereocenters. The Hall–Kier alpha value is -3.92. The molecule has 4 aromatic rings. The van der Waals surface area contributed by atoms with Gasteiger partial charge in [0.05, 0.1) is 17.8 Å². The van der Waals surface area contributed by atoms with Crippen LogP contribution in [0, 0.1) is 17.5 Å². The van der Waals surface area contributed by atoms with Crippen LogP contribution in [-0.2, 0) is 13.6 Å². The molecule has 0 bridgehead atoms. The summed E-state index contributed by atoms with van der Waals surface area (Å²) in [6, 6.07) is 4.52. The number of nitrogens with one attached hydrogen (secondary N) is 1. The second-order valence-corrected chi connectivity index (χ2v) is 7.40. The number of H-pyrrole nitrogens is 1. The summed E-state index contributed by atoms with van der Waals surface area (Å²) in [5, 5.41) is 10.8. The molecule has 1 aliphatic rings. The first-order valence-corrected chi connectivity index (χ1v) is 9.64.